The van der Waals surface area contributed by atoms with Gasteiger partial charge in [0, 0.05) is 5.69 Å². The molecule has 1 N–H and O–H groups in total. The number of para-hydroxylation sites is 1. The van der Waals surface area contributed by atoms with Gasteiger partial charge in [0.15, 0.2) is 0 Å². The summed E-state index contributed by atoms with van der Waals surface area (Å²) in [6, 6.07) is 13.1. The molecule has 0 spiro atoms. The Morgan fingerprint density at radius 3 is 2.18 bits per heavy atom. The van der Waals surface area contributed by atoms with Crippen LogP contribution < -0.4 is 9.62 Å². The number of nitrogens with one attached hydrogen (secondary N) is 1. The number of carbonyl (C=O) groups is 1. The van der Waals surface area contributed by atoms with Gasteiger partial charge in [-0.1, -0.05) is 58.0 Å². The first-order valence-electron chi connectivity index (χ1n) is 9.40. The predicted octanol–water partition coefficient (Wildman–Crippen LogP) is 4.26. The lowest BCUT2D eigenvalue weighted by Crippen LogP contribution is -2.37. The van der Waals surface area contributed by atoms with Gasteiger partial charge in [-0.3, -0.25) is 9.10 Å². The number of anilines is 2. The van der Waals surface area contributed by atoms with Crippen LogP contribution in [0.2, 0.25) is 0 Å². The third kappa shape index (κ3) is 5.35. The predicted molar refractivity (Wildman–Crippen MR) is 117 cm³/mol. The van der Waals surface area contributed by atoms with Gasteiger partial charge < -0.3 is 5.32 Å². The maximum Gasteiger partial charge on any atom is 0.245 e. The van der Waals surface area contributed by atoms with Gasteiger partial charge in [0.25, 0.3) is 0 Å². The summed E-state index contributed by atoms with van der Waals surface area (Å²) in [5.74, 6) is -0.366. The second kappa shape index (κ2) is 8.35. The highest BCUT2D eigenvalue weighted by molar-refractivity contribution is 7.92. The topological polar surface area (TPSA) is 66.5 Å². The molecule has 2 rings (SSSR count). The van der Waals surface area contributed by atoms with Gasteiger partial charge >= 0.3 is 0 Å². The van der Waals surface area contributed by atoms with Gasteiger partial charge in [0.1, 0.15) is 6.54 Å². The Labute approximate surface area is 168 Å². The van der Waals surface area contributed by atoms with Gasteiger partial charge in [-0.2, -0.15) is 0 Å². The largest absolute Gasteiger partial charge is 0.324 e. The monoisotopic (exact) mass is 402 g/mol. The average Bonchev–Trinajstić information content (AvgIpc) is 2.60. The molecule has 0 fully saturated rings. The highest BCUT2D eigenvalue weighted by atomic mass is 32.2. The van der Waals surface area contributed by atoms with Crippen LogP contribution in [0.25, 0.3) is 0 Å². The molecular weight excluding hydrogens is 372 g/mol. The summed E-state index contributed by atoms with van der Waals surface area (Å²) in [6.45, 7) is 9.95. The van der Waals surface area contributed by atoms with Crippen molar-refractivity contribution < 1.29 is 13.2 Å². The van der Waals surface area contributed by atoms with Crippen molar-refractivity contribution in [2.75, 3.05) is 22.4 Å². The van der Waals surface area contributed by atoms with Crippen molar-refractivity contribution in [1.82, 2.24) is 0 Å². The third-order valence-corrected chi connectivity index (χ3v) is 5.85. The number of nitrogens with zero attached hydrogens (tertiary/aromatic N) is 1. The fourth-order valence-electron chi connectivity index (χ4n) is 3.04. The zero-order valence-electron chi connectivity index (χ0n) is 17.5. The van der Waals surface area contributed by atoms with E-state index in [0.717, 1.165) is 39.4 Å². The minimum Gasteiger partial charge on any atom is -0.324 e. The van der Waals surface area contributed by atoms with Gasteiger partial charge in [0.05, 0.1) is 11.9 Å². The first-order valence-corrected chi connectivity index (χ1v) is 11.2. The molecule has 0 unspecified atom stereocenters. The molecule has 2 aromatic rings. The molecule has 1 amide bonds. The summed E-state index contributed by atoms with van der Waals surface area (Å²) in [4.78, 5) is 12.7. The number of benzene rings is 2. The van der Waals surface area contributed by atoms with Crippen LogP contribution in [0, 0.1) is 6.92 Å². The van der Waals surface area contributed by atoms with Crippen molar-refractivity contribution in [3.63, 3.8) is 0 Å². The summed E-state index contributed by atoms with van der Waals surface area (Å²) in [5.41, 5.74) is 4.27. The van der Waals surface area contributed by atoms with Gasteiger partial charge in [-0.15, -0.1) is 0 Å². The van der Waals surface area contributed by atoms with Crippen molar-refractivity contribution in [3.05, 3.63) is 59.2 Å². The third-order valence-electron chi connectivity index (χ3n) is 4.71. The highest BCUT2D eigenvalue weighted by Gasteiger charge is 2.22. The van der Waals surface area contributed by atoms with Crippen molar-refractivity contribution >= 4 is 27.3 Å². The van der Waals surface area contributed by atoms with E-state index in [0.29, 0.717) is 5.69 Å². The maximum atomic E-state index is 12.7. The Hall–Kier alpha value is -2.34. The molecule has 0 saturated carbocycles. The van der Waals surface area contributed by atoms with Crippen LogP contribution in [0.3, 0.4) is 0 Å². The SMILES string of the molecule is CCc1cccc(C)c1NC(=O)CN(c1ccc(C(C)(C)C)cc1)S(C)(=O)=O. The molecule has 0 saturated heterocycles. The quantitative estimate of drug-likeness (QED) is 0.785. The van der Waals surface area contributed by atoms with Crippen molar-refractivity contribution in [2.45, 2.75) is 46.5 Å². The maximum absolute atomic E-state index is 12.7. The van der Waals surface area contributed by atoms with E-state index >= 15 is 0 Å². The molecule has 0 aliphatic rings. The van der Waals surface area contributed by atoms with E-state index in [1.807, 2.05) is 44.2 Å². The lowest BCUT2D eigenvalue weighted by atomic mass is 9.87. The number of aryl methyl sites for hydroxylation is 2. The van der Waals surface area contributed by atoms with Crippen molar-refractivity contribution in [1.29, 1.82) is 0 Å². The molecular formula is C22H30N2O3S. The molecule has 6 heteroatoms. The Morgan fingerprint density at radius 1 is 1.07 bits per heavy atom. The number of sulfonamides is 1. The fourth-order valence-corrected chi connectivity index (χ4v) is 3.90. The van der Waals surface area contributed by atoms with E-state index < -0.39 is 10.0 Å². The normalized spacial score (nSPS) is 11.9. The van der Waals surface area contributed by atoms with E-state index in [-0.39, 0.29) is 17.9 Å². The number of hydrogen-bond acceptors (Lipinski definition) is 3. The minimum absolute atomic E-state index is 0.0345. The minimum atomic E-state index is -3.61. The first kappa shape index (κ1) is 22.0. The molecule has 28 heavy (non-hydrogen) atoms. The molecule has 0 aliphatic heterocycles. The molecule has 0 aromatic heterocycles. The van der Waals surface area contributed by atoms with E-state index in [1.54, 1.807) is 12.1 Å². The zero-order chi connectivity index (χ0) is 21.1. The van der Waals surface area contributed by atoms with Gasteiger partial charge in [-0.05, 0) is 47.6 Å². The molecule has 0 heterocycles. The van der Waals surface area contributed by atoms with Gasteiger partial charge in [0.2, 0.25) is 15.9 Å². The first-order chi connectivity index (χ1) is 12.9. The van der Waals surface area contributed by atoms with Crippen molar-refractivity contribution in [2.24, 2.45) is 0 Å². The van der Waals surface area contributed by atoms with Crippen molar-refractivity contribution in [3.8, 4) is 0 Å². The number of hydrogen-bond donors (Lipinski definition) is 1. The number of carbonyl (C=O) groups excluding carboxylic acids is 1. The fraction of sp³-hybridized carbons (Fsp3) is 0.409. The molecule has 5 nitrogen and oxygen atoms in total. The second-order valence-corrected chi connectivity index (χ2v) is 9.98. The van der Waals surface area contributed by atoms with E-state index in [9.17, 15) is 13.2 Å². The van der Waals surface area contributed by atoms with Crippen LogP contribution in [-0.4, -0.2) is 27.1 Å². The summed E-state index contributed by atoms with van der Waals surface area (Å²) < 4.78 is 25.8. The van der Waals surface area contributed by atoms with Gasteiger partial charge in [-0.25, -0.2) is 8.42 Å². The molecule has 0 bridgehead atoms. The van der Waals surface area contributed by atoms with E-state index in [2.05, 4.69) is 26.1 Å². The number of amides is 1. The van der Waals surface area contributed by atoms with Crippen LogP contribution in [0.15, 0.2) is 42.5 Å². The summed E-state index contributed by atoms with van der Waals surface area (Å²) in [7, 11) is -3.61. The van der Waals surface area contributed by atoms with E-state index in [1.165, 1.54) is 0 Å². The molecule has 0 radical (unpaired) electrons. The lowest BCUT2D eigenvalue weighted by molar-refractivity contribution is -0.114. The highest BCUT2D eigenvalue weighted by Crippen LogP contribution is 2.26. The summed E-state index contributed by atoms with van der Waals surface area (Å²) >= 11 is 0. The molecule has 0 aliphatic carbocycles. The lowest BCUT2D eigenvalue weighted by Gasteiger charge is -2.24. The Morgan fingerprint density at radius 2 is 1.68 bits per heavy atom. The van der Waals surface area contributed by atoms with Crippen LogP contribution in [0.1, 0.15) is 44.4 Å². The number of rotatable bonds is 6. The summed E-state index contributed by atoms with van der Waals surface area (Å²) in [6.07, 6.45) is 1.89. The Bertz CT molecular complexity index is 943. The molecule has 2 aromatic carbocycles. The Balaban J connectivity index is 2.28. The second-order valence-electron chi connectivity index (χ2n) is 8.08. The standard InChI is InChI=1S/C22H30N2O3S/c1-7-17-10-8-9-16(2)21(17)23-20(25)15-24(28(6,26)27)19-13-11-18(12-14-19)22(3,4)5/h8-14H,7,15H2,1-6H3,(H,23,25). The smallest absolute Gasteiger partial charge is 0.245 e. The van der Waals surface area contributed by atoms with E-state index in [4.69, 9.17) is 0 Å². The molecule has 0 atom stereocenters. The van der Waals surface area contributed by atoms with Crippen LogP contribution in [-0.2, 0) is 26.7 Å². The Kier molecular flexibility index (Phi) is 6.55. The average molecular weight is 403 g/mol. The van der Waals surface area contributed by atoms with Crippen LogP contribution in [0.4, 0.5) is 11.4 Å². The summed E-state index contributed by atoms with van der Waals surface area (Å²) in [5, 5.41) is 2.89. The zero-order valence-corrected chi connectivity index (χ0v) is 18.4. The van der Waals surface area contributed by atoms with Crippen LogP contribution >= 0.6 is 0 Å². The van der Waals surface area contributed by atoms with Crippen LogP contribution in [0.5, 0.6) is 0 Å². The molecule has 152 valence electrons.